The largest absolute Gasteiger partial charge is 0.379 e. The molecule has 0 aliphatic carbocycles. The van der Waals surface area contributed by atoms with Gasteiger partial charge >= 0.3 is 0 Å². The molecule has 0 saturated carbocycles. The van der Waals surface area contributed by atoms with Gasteiger partial charge in [-0.05, 0) is 19.8 Å². The van der Waals surface area contributed by atoms with Gasteiger partial charge in [-0.1, -0.05) is 174 Å². The summed E-state index contributed by atoms with van der Waals surface area (Å²) in [4.78, 5) is 0. The lowest BCUT2D eigenvalue weighted by Gasteiger charge is -2.13. The molecule has 0 bridgehead atoms. The maximum Gasteiger partial charge on any atom is 0.0547 e. The highest BCUT2D eigenvalue weighted by Gasteiger charge is 2.02. The zero-order valence-electron chi connectivity index (χ0n) is 23.8. The van der Waals surface area contributed by atoms with Crippen molar-refractivity contribution in [3.8, 4) is 0 Å². The van der Waals surface area contributed by atoms with Crippen LogP contribution in [0.1, 0.15) is 194 Å². The Morgan fingerprint density at radius 1 is 0.364 bits per heavy atom. The fourth-order valence-corrected chi connectivity index (χ4v) is 4.94. The third kappa shape index (κ3) is 29.9. The Hall–Kier alpha value is -0.0400. The third-order valence-corrected chi connectivity index (χ3v) is 7.36. The van der Waals surface area contributed by atoms with Crippen molar-refractivity contribution in [2.75, 3.05) is 6.61 Å². The average Bonchev–Trinajstić information content (AvgIpc) is 2.82. The van der Waals surface area contributed by atoms with Gasteiger partial charge < -0.3 is 4.74 Å². The average molecular weight is 467 g/mol. The summed E-state index contributed by atoms with van der Waals surface area (Å²) in [5.74, 6) is 0. The van der Waals surface area contributed by atoms with E-state index in [2.05, 4.69) is 20.8 Å². The van der Waals surface area contributed by atoms with Crippen molar-refractivity contribution in [1.29, 1.82) is 0 Å². The molecule has 1 heteroatoms. The molecule has 0 spiro atoms. The molecule has 0 aromatic carbocycles. The summed E-state index contributed by atoms with van der Waals surface area (Å²) < 4.78 is 6.05. The molecular weight excluding hydrogens is 400 g/mol. The fourth-order valence-electron chi connectivity index (χ4n) is 4.94. The summed E-state index contributed by atoms with van der Waals surface area (Å²) in [6.45, 7) is 7.86. The number of hydrogen-bond acceptors (Lipinski definition) is 1. The molecular formula is C32H66O. The quantitative estimate of drug-likeness (QED) is 0.0995. The lowest BCUT2D eigenvalue weighted by atomic mass is 10.0. The van der Waals surface area contributed by atoms with Gasteiger partial charge in [0.1, 0.15) is 0 Å². The summed E-state index contributed by atoms with van der Waals surface area (Å²) in [6, 6.07) is 0. The van der Waals surface area contributed by atoms with E-state index in [1.165, 1.54) is 173 Å². The van der Waals surface area contributed by atoms with Crippen LogP contribution in [0.5, 0.6) is 0 Å². The number of ether oxygens (including phenoxy) is 1. The zero-order valence-corrected chi connectivity index (χ0v) is 23.8. The molecule has 0 aromatic rings. The SMILES string of the molecule is CCCCCCCCCCCCCCCCC(C)OCCCCCCCCCCCCCC. The van der Waals surface area contributed by atoms with Gasteiger partial charge in [0.15, 0.2) is 0 Å². The first kappa shape index (κ1) is 33.0. The summed E-state index contributed by atoms with van der Waals surface area (Å²) in [5.41, 5.74) is 0. The van der Waals surface area contributed by atoms with E-state index in [0.29, 0.717) is 6.10 Å². The van der Waals surface area contributed by atoms with Crippen molar-refractivity contribution >= 4 is 0 Å². The summed E-state index contributed by atoms with van der Waals surface area (Å²) in [5, 5.41) is 0. The van der Waals surface area contributed by atoms with Crippen molar-refractivity contribution in [2.45, 2.75) is 200 Å². The second-order valence-electron chi connectivity index (χ2n) is 11.0. The van der Waals surface area contributed by atoms with Gasteiger partial charge in [-0.3, -0.25) is 0 Å². The summed E-state index contributed by atoms with van der Waals surface area (Å²) in [7, 11) is 0. The normalized spacial score (nSPS) is 12.5. The summed E-state index contributed by atoms with van der Waals surface area (Å²) >= 11 is 0. The Labute approximate surface area is 211 Å². The Morgan fingerprint density at radius 2 is 0.636 bits per heavy atom. The molecule has 1 atom stereocenters. The first-order chi connectivity index (χ1) is 16.3. The molecule has 0 saturated heterocycles. The van der Waals surface area contributed by atoms with Crippen molar-refractivity contribution < 1.29 is 4.74 Å². The summed E-state index contributed by atoms with van der Waals surface area (Å²) in [6.07, 6.45) is 38.9. The molecule has 0 rings (SSSR count). The van der Waals surface area contributed by atoms with E-state index in [9.17, 15) is 0 Å². The molecule has 0 aromatic heterocycles. The van der Waals surface area contributed by atoms with Crippen molar-refractivity contribution in [1.82, 2.24) is 0 Å². The lowest BCUT2D eigenvalue weighted by Crippen LogP contribution is -2.09. The molecule has 0 aliphatic rings. The van der Waals surface area contributed by atoms with Crippen LogP contribution in [0.4, 0.5) is 0 Å². The van der Waals surface area contributed by atoms with Crippen LogP contribution in [-0.2, 0) is 4.74 Å². The van der Waals surface area contributed by atoms with Gasteiger partial charge in [-0.25, -0.2) is 0 Å². The minimum atomic E-state index is 0.468. The van der Waals surface area contributed by atoms with E-state index >= 15 is 0 Å². The van der Waals surface area contributed by atoms with Crippen LogP contribution in [-0.4, -0.2) is 12.7 Å². The van der Waals surface area contributed by atoms with Crippen LogP contribution in [0.25, 0.3) is 0 Å². The van der Waals surface area contributed by atoms with Crippen LogP contribution >= 0.6 is 0 Å². The van der Waals surface area contributed by atoms with Crippen LogP contribution in [0.15, 0.2) is 0 Å². The predicted molar refractivity (Wildman–Crippen MR) is 151 cm³/mol. The fraction of sp³-hybridized carbons (Fsp3) is 1.00. The molecule has 1 nitrogen and oxygen atoms in total. The molecule has 0 amide bonds. The van der Waals surface area contributed by atoms with Gasteiger partial charge in [-0.2, -0.15) is 0 Å². The molecule has 200 valence electrons. The number of hydrogen-bond donors (Lipinski definition) is 0. The van der Waals surface area contributed by atoms with E-state index in [1.54, 1.807) is 0 Å². The number of unbranched alkanes of at least 4 members (excludes halogenated alkanes) is 24. The molecule has 0 N–H and O–H groups in total. The van der Waals surface area contributed by atoms with Crippen LogP contribution in [0.3, 0.4) is 0 Å². The smallest absolute Gasteiger partial charge is 0.0547 e. The van der Waals surface area contributed by atoms with Crippen molar-refractivity contribution in [3.63, 3.8) is 0 Å². The first-order valence-corrected chi connectivity index (χ1v) is 15.9. The van der Waals surface area contributed by atoms with E-state index in [4.69, 9.17) is 4.74 Å². The molecule has 0 aliphatic heterocycles. The van der Waals surface area contributed by atoms with E-state index in [1.807, 2.05) is 0 Å². The molecule has 1 unspecified atom stereocenters. The highest BCUT2D eigenvalue weighted by atomic mass is 16.5. The topological polar surface area (TPSA) is 9.23 Å². The first-order valence-electron chi connectivity index (χ1n) is 15.9. The predicted octanol–water partition coefficient (Wildman–Crippen LogP) is 12.0. The van der Waals surface area contributed by atoms with E-state index < -0.39 is 0 Å². The van der Waals surface area contributed by atoms with Gasteiger partial charge in [0, 0.05) is 6.61 Å². The third-order valence-electron chi connectivity index (χ3n) is 7.36. The highest BCUT2D eigenvalue weighted by Crippen LogP contribution is 2.15. The minimum Gasteiger partial charge on any atom is -0.379 e. The Morgan fingerprint density at radius 3 is 0.970 bits per heavy atom. The van der Waals surface area contributed by atoms with Gasteiger partial charge in [0.05, 0.1) is 6.10 Å². The maximum atomic E-state index is 6.05. The van der Waals surface area contributed by atoms with Gasteiger partial charge in [0.25, 0.3) is 0 Å². The second-order valence-corrected chi connectivity index (χ2v) is 11.0. The van der Waals surface area contributed by atoms with Crippen molar-refractivity contribution in [2.24, 2.45) is 0 Å². The van der Waals surface area contributed by atoms with Crippen LogP contribution in [0, 0.1) is 0 Å². The van der Waals surface area contributed by atoms with E-state index in [-0.39, 0.29) is 0 Å². The molecule has 0 fully saturated rings. The number of rotatable bonds is 29. The zero-order chi connectivity index (χ0) is 24.1. The molecule has 33 heavy (non-hydrogen) atoms. The van der Waals surface area contributed by atoms with Gasteiger partial charge in [-0.15, -0.1) is 0 Å². The monoisotopic (exact) mass is 467 g/mol. The maximum absolute atomic E-state index is 6.05. The Balaban J connectivity index is 3.13. The molecule has 0 radical (unpaired) electrons. The van der Waals surface area contributed by atoms with Crippen LogP contribution in [0.2, 0.25) is 0 Å². The lowest BCUT2D eigenvalue weighted by molar-refractivity contribution is 0.0557. The highest BCUT2D eigenvalue weighted by molar-refractivity contribution is 4.54. The van der Waals surface area contributed by atoms with Crippen molar-refractivity contribution in [3.05, 3.63) is 0 Å². The Kier molecular flexibility index (Phi) is 30.0. The molecule has 0 heterocycles. The van der Waals surface area contributed by atoms with Crippen LogP contribution < -0.4 is 0 Å². The Bertz CT molecular complexity index is 326. The minimum absolute atomic E-state index is 0.468. The standard InChI is InChI=1S/C32H66O/c1-4-6-8-10-12-14-16-18-19-20-22-24-26-28-30-32(3)33-31-29-27-25-23-21-17-15-13-11-9-7-5-2/h32H,4-31H2,1-3H3. The second kappa shape index (κ2) is 30.0. The van der Waals surface area contributed by atoms with E-state index in [0.717, 1.165) is 6.61 Å². The van der Waals surface area contributed by atoms with Gasteiger partial charge in [0.2, 0.25) is 0 Å².